The third-order valence-electron chi connectivity index (χ3n) is 3.99. The third kappa shape index (κ3) is 1.71. The molecule has 1 aliphatic carbocycles. The number of nitrogens with one attached hydrogen (secondary N) is 1. The Kier molecular flexibility index (Phi) is 2.64. The van der Waals surface area contributed by atoms with Gasteiger partial charge in [-0.25, -0.2) is 9.18 Å². The molecule has 6 heteroatoms. The molecule has 1 N–H and O–H groups in total. The van der Waals surface area contributed by atoms with Crippen molar-refractivity contribution in [2.75, 3.05) is 0 Å². The van der Waals surface area contributed by atoms with Crippen molar-refractivity contribution < 1.29 is 18.8 Å². The average Bonchev–Trinajstić information content (AvgIpc) is 3.19. The van der Waals surface area contributed by atoms with Crippen LogP contribution >= 0.6 is 0 Å². The molecule has 1 atom stereocenters. The van der Waals surface area contributed by atoms with Gasteiger partial charge in [-0.05, 0) is 37.5 Å². The third-order valence-corrected chi connectivity index (χ3v) is 3.99. The lowest BCUT2D eigenvalue weighted by molar-refractivity contribution is -0.146. The van der Waals surface area contributed by atoms with Crippen molar-refractivity contribution in [3.8, 4) is 0 Å². The second-order valence-electron chi connectivity index (χ2n) is 5.24. The summed E-state index contributed by atoms with van der Waals surface area (Å²) in [5.74, 6) is -1.35. The summed E-state index contributed by atoms with van der Waals surface area (Å²) in [6, 6.07) is 4.34. The van der Waals surface area contributed by atoms with Gasteiger partial charge in [0.1, 0.15) is 11.2 Å². The highest BCUT2D eigenvalue weighted by Gasteiger charge is 2.62. The zero-order chi connectivity index (χ0) is 14.5. The fraction of sp³-hybridized carbons (Fsp3) is 0.357. The van der Waals surface area contributed by atoms with Crippen LogP contribution in [0.15, 0.2) is 24.3 Å². The fourth-order valence-corrected chi connectivity index (χ4v) is 2.50. The maximum absolute atomic E-state index is 12.9. The first kappa shape index (κ1) is 12.8. The average molecular weight is 276 g/mol. The number of urea groups is 1. The lowest BCUT2D eigenvalue weighted by Gasteiger charge is -2.34. The van der Waals surface area contributed by atoms with Gasteiger partial charge in [-0.15, -0.1) is 0 Å². The number of hydrogen-bond donors (Lipinski definition) is 1. The summed E-state index contributed by atoms with van der Waals surface area (Å²) in [5.41, 5.74) is -0.414. The lowest BCUT2D eigenvalue weighted by Crippen LogP contribution is -2.59. The van der Waals surface area contributed by atoms with Crippen molar-refractivity contribution in [1.82, 2.24) is 10.2 Å². The molecule has 4 amide bonds. The highest BCUT2D eigenvalue weighted by Crippen LogP contribution is 2.50. The van der Waals surface area contributed by atoms with Gasteiger partial charge in [0.05, 0.1) is 6.04 Å². The van der Waals surface area contributed by atoms with Gasteiger partial charge in [0.15, 0.2) is 0 Å². The Morgan fingerprint density at radius 3 is 2.35 bits per heavy atom. The second-order valence-corrected chi connectivity index (χ2v) is 5.24. The van der Waals surface area contributed by atoms with Crippen molar-refractivity contribution in [3.63, 3.8) is 0 Å². The number of nitrogens with zero attached hydrogens (tertiary/aromatic N) is 1. The van der Waals surface area contributed by atoms with Gasteiger partial charge in [0, 0.05) is 0 Å². The quantitative estimate of drug-likeness (QED) is 0.837. The van der Waals surface area contributed by atoms with Crippen molar-refractivity contribution in [2.24, 2.45) is 5.41 Å². The minimum absolute atomic E-state index is 0.385. The zero-order valence-corrected chi connectivity index (χ0v) is 10.9. The SMILES string of the molecule is CC(c1ccc(F)cc1)N1C(=O)NC(=O)C2(CC2)C1=O. The van der Waals surface area contributed by atoms with Crippen LogP contribution < -0.4 is 5.32 Å². The van der Waals surface area contributed by atoms with Gasteiger partial charge >= 0.3 is 6.03 Å². The fourth-order valence-electron chi connectivity index (χ4n) is 2.50. The molecule has 1 aliphatic heterocycles. The topological polar surface area (TPSA) is 66.5 Å². The molecular weight excluding hydrogens is 263 g/mol. The largest absolute Gasteiger partial charge is 0.331 e. The highest BCUT2D eigenvalue weighted by molar-refractivity contribution is 6.21. The van der Waals surface area contributed by atoms with Crippen molar-refractivity contribution in [1.29, 1.82) is 0 Å². The Bertz CT molecular complexity index is 607. The van der Waals surface area contributed by atoms with Crippen LogP contribution in [0.25, 0.3) is 0 Å². The number of barbiturate groups is 1. The molecule has 20 heavy (non-hydrogen) atoms. The zero-order valence-electron chi connectivity index (χ0n) is 10.9. The maximum atomic E-state index is 12.9. The van der Waals surface area contributed by atoms with Crippen molar-refractivity contribution in [3.05, 3.63) is 35.6 Å². The van der Waals surface area contributed by atoms with Gasteiger partial charge in [-0.1, -0.05) is 12.1 Å². The van der Waals surface area contributed by atoms with Gasteiger partial charge in [-0.3, -0.25) is 19.8 Å². The number of hydrogen-bond acceptors (Lipinski definition) is 3. The van der Waals surface area contributed by atoms with Crippen LogP contribution in [0.2, 0.25) is 0 Å². The van der Waals surface area contributed by atoms with Crippen molar-refractivity contribution in [2.45, 2.75) is 25.8 Å². The Morgan fingerprint density at radius 2 is 1.80 bits per heavy atom. The molecule has 2 fully saturated rings. The summed E-state index contributed by atoms with van der Waals surface area (Å²) in [5, 5.41) is 2.23. The van der Waals surface area contributed by atoms with E-state index in [1.54, 1.807) is 6.92 Å². The van der Waals surface area contributed by atoms with Gasteiger partial charge in [0.2, 0.25) is 11.8 Å². The van der Waals surface area contributed by atoms with E-state index in [0.717, 1.165) is 4.90 Å². The van der Waals surface area contributed by atoms with Crippen molar-refractivity contribution >= 4 is 17.8 Å². The Labute approximate surface area is 114 Å². The molecule has 3 rings (SSSR count). The maximum Gasteiger partial charge on any atom is 0.331 e. The number of carbonyl (C=O) groups excluding carboxylic acids is 3. The molecule has 1 saturated carbocycles. The minimum Gasteiger partial charge on any atom is -0.277 e. The Balaban J connectivity index is 1.92. The van der Waals surface area contributed by atoms with E-state index in [2.05, 4.69) is 5.32 Å². The van der Waals surface area contributed by atoms with E-state index < -0.39 is 29.3 Å². The molecular formula is C14H13FN2O3. The van der Waals surface area contributed by atoms with E-state index in [1.165, 1.54) is 24.3 Å². The van der Waals surface area contributed by atoms with Crippen LogP contribution in [0.4, 0.5) is 9.18 Å². The van der Waals surface area contributed by atoms with E-state index in [-0.39, 0.29) is 5.82 Å². The number of rotatable bonds is 2. The molecule has 104 valence electrons. The molecule has 5 nitrogen and oxygen atoms in total. The van der Waals surface area contributed by atoms with Gasteiger partial charge in [0.25, 0.3) is 0 Å². The first-order valence-electron chi connectivity index (χ1n) is 6.40. The van der Waals surface area contributed by atoms with Crippen LogP contribution in [0, 0.1) is 11.2 Å². The van der Waals surface area contributed by atoms with Crippen LogP contribution in [-0.4, -0.2) is 22.7 Å². The molecule has 1 heterocycles. The number of carbonyl (C=O) groups is 3. The number of amides is 4. The predicted octanol–water partition coefficient (Wildman–Crippen LogP) is 1.75. The monoisotopic (exact) mass is 276 g/mol. The minimum atomic E-state index is -1.05. The molecule has 1 aromatic carbocycles. The smallest absolute Gasteiger partial charge is 0.277 e. The molecule has 1 aromatic rings. The number of imide groups is 2. The predicted molar refractivity (Wildman–Crippen MR) is 66.9 cm³/mol. The van der Waals surface area contributed by atoms with E-state index in [4.69, 9.17) is 0 Å². The normalized spacial score (nSPS) is 21.9. The number of halogens is 1. The Morgan fingerprint density at radius 1 is 1.20 bits per heavy atom. The molecule has 1 spiro atoms. The molecule has 1 saturated heterocycles. The van der Waals surface area contributed by atoms with Crippen LogP contribution in [0.3, 0.4) is 0 Å². The molecule has 1 unspecified atom stereocenters. The van der Waals surface area contributed by atoms with E-state index in [1.807, 2.05) is 0 Å². The highest BCUT2D eigenvalue weighted by atomic mass is 19.1. The molecule has 0 aromatic heterocycles. The summed E-state index contributed by atoms with van der Waals surface area (Å²) in [6.07, 6.45) is 0.940. The van der Waals surface area contributed by atoms with Crippen LogP contribution in [0.1, 0.15) is 31.4 Å². The number of benzene rings is 1. The van der Waals surface area contributed by atoms with Crippen LogP contribution in [-0.2, 0) is 9.59 Å². The van der Waals surface area contributed by atoms with Gasteiger partial charge < -0.3 is 0 Å². The van der Waals surface area contributed by atoms with Gasteiger partial charge in [-0.2, -0.15) is 0 Å². The van der Waals surface area contributed by atoms with E-state index in [9.17, 15) is 18.8 Å². The summed E-state index contributed by atoms with van der Waals surface area (Å²) >= 11 is 0. The standard InChI is InChI=1S/C14H13FN2O3/c1-8(9-2-4-10(15)5-3-9)17-12(19)14(6-7-14)11(18)16-13(17)20/h2-5,8H,6-7H2,1H3,(H,16,18,20). The second kappa shape index (κ2) is 4.13. The van der Waals surface area contributed by atoms with Crippen LogP contribution in [0.5, 0.6) is 0 Å². The summed E-state index contributed by atoms with van der Waals surface area (Å²) in [6.45, 7) is 1.68. The molecule has 0 bridgehead atoms. The summed E-state index contributed by atoms with van der Waals surface area (Å²) in [7, 11) is 0. The first-order valence-corrected chi connectivity index (χ1v) is 6.40. The summed E-state index contributed by atoms with van der Waals surface area (Å²) in [4.78, 5) is 37.1. The molecule has 2 aliphatic rings. The summed E-state index contributed by atoms with van der Waals surface area (Å²) < 4.78 is 12.9. The van der Waals surface area contributed by atoms with E-state index >= 15 is 0 Å². The molecule has 0 radical (unpaired) electrons. The Hall–Kier alpha value is -2.24. The lowest BCUT2D eigenvalue weighted by atomic mass is 9.98. The first-order chi connectivity index (χ1) is 9.45. The van der Waals surface area contributed by atoms with E-state index in [0.29, 0.717) is 18.4 Å².